The molecular weight excluding hydrogens is 388 g/mol. The number of benzene rings is 1. The second kappa shape index (κ2) is 8.39. The maximum absolute atomic E-state index is 13.0. The van der Waals surface area contributed by atoms with Crippen molar-refractivity contribution in [2.75, 3.05) is 40.5 Å². The number of carbonyl (C=O) groups excluding carboxylic acids is 1. The minimum absolute atomic E-state index is 0.00211. The Morgan fingerprint density at radius 2 is 2.04 bits per heavy atom. The molecule has 0 aliphatic carbocycles. The summed E-state index contributed by atoms with van der Waals surface area (Å²) in [5, 5.41) is 1.95. The van der Waals surface area contributed by atoms with Gasteiger partial charge in [0, 0.05) is 30.6 Å². The van der Waals surface area contributed by atoms with Crippen molar-refractivity contribution in [3.8, 4) is 5.75 Å². The molecule has 1 aromatic carbocycles. The molecule has 1 aliphatic heterocycles. The highest BCUT2D eigenvalue weighted by molar-refractivity contribution is 7.89. The largest absolute Gasteiger partial charge is 0.495 e. The van der Waals surface area contributed by atoms with Crippen molar-refractivity contribution in [3.05, 3.63) is 46.2 Å². The summed E-state index contributed by atoms with van der Waals surface area (Å²) in [6.45, 7) is 1.73. The van der Waals surface area contributed by atoms with Gasteiger partial charge in [-0.3, -0.25) is 4.79 Å². The molecular formula is C18H22N2O5S2. The number of amides is 1. The van der Waals surface area contributed by atoms with Crippen LogP contribution >= 0.6 is 11.3 Å². The third-order valence-corrected chi connectivity index (χ3v) is 7.10. The van der Waals surface area contributed by atoms with Gasteiger partial charge in [-0.1, -0.05) is 6.07 Å². The number of carbonyl (C=O) groups is 1. The molecule has 0 radical (unpaired) electrons. The molecule has 1 saturated heterocycles. The molecule has 0 spiro atoms. The summed E-state index contributed by atoms with van der Waals surface area (Å²) in [7, 11) is -0.665. The standard InChI is InChI=1S/C18H22N2O5S2/c1-19(13-15-4-3-11-26-15)18(21)14-5-6-16(24-2)17(12-14)27(22,23)20-7-9-25-10-8-20/h3-6,11-12H,7-10,13H2,1-2H3. The van der Waals surface area contributed by atoms with Crippen molar-refractivity contribution in [1.82, 2.24) is 9.21 Å². The predicted octanol–water partition coefficient (Wildman–Crippen LogP) is 2.05. The maximum atomic E-state index is 13.0. The number of hydrogen-bond acceptors (Lipinski definition) is 6. The molecule has 0 unspecified atom stereocenters. The topological polar surface area (TPSA) is 76.2 Å². The fraction of sp³-hybridized carbons (Fsp3) is 0.389. The van der Waals surface area contributed by atoms with Gasteiger partial charge in [0.05, 0.1) is 26.9 Å². The van der Waals surface area contributed by atoms with E-state index in [4.69, 9.17) is 9.47 Å². The van der Waals surface area contributed by atoms with Crippen molar-refractivity contribution in [3.63, 3.8) is 0 Å². The van der Waals surface area contributed by atoms with Gasteiger partial charge < -0.3 is 14.4 Å². The van der Waals surface area contributed by atoms with Gasteiger partial charge in [-0.25, -0.2) is 8.42 Å². The minimum Gasteiger partial charge on any atom is -0.495 e. The lowest BCUT2D eigenvalue weighted by molar-refractivity contribution is 0.0729. The molecule has 9 heteroatoms. The Morgan fingerprint density at radius 3 is 2.67 bits per heavy atom. The average molecular weight is 411 g/mol. The average Bonchev–Trinajstić information content (AvgIpc) is 3.20. The first-order valence-electron chi connectivity index (χ1n) is 8.47. The van der Waals surface area contributed by atoms with E-state index < -0.39 is 10.0 Å². The number of thiophene rings is 1. The van der Waals surface area contributed by atoms with Crippen LogP contribution in [0.1, 0.15) is 15.2 Å². The molecule has 27 heavy (non-hydrogen) atoms. The Hall–Kier alpha value is -1.94. The second-order valence-corrected chi connectivity index (χ2v) is 9.06. The Morgan fingerprint density at radius 1 is 1.30 bits per heavy atom. The molecule has 2 aromatic rings. The van der Waals surface area contributed by atoms with Crippen LogP contribution in [0.4, 0.5) is 0 Å². The van der Waals surface area contributed by atoms with Crippen LogP contribution in [0.5, 0.6) is 5.75 Å². The zero-order chi connectivity index (χ0) is 19.4. The van der Waals surface area contributed by atoms with Crippen LogP contribution < -0.4 is 4.74 Å². The monoisotopic (exact) mass is 410 g/mol. The summed E-state index contributed by atoms with van der Waals surface area (Å²) in [5.41, 5.74) is 0.307. The second-order valence-electron chi connectivity index (χ2n) is 6.12. The Balaban J connectivity index is 1.89. The maximum Gasteiger partial charge on any atom is 0.253 e. The first-order chi connectivity index (χ1) is 12.9. The number of nitrogens with zero attached hydrogens (tertiary/aromatic N) is 2. The van der Waals surface area contributed by atoms with E-state index in [2.05, 4.69) is 0 Å². The van der Waals surface area contributed by atoms with E-state index in [1.54, 1.807) is 29.4 Å². The zero-order valence-electron chi connectivity index (χ0n) is 15.3. The summed E-state index contributed by atoms with van der Waals surface area (Å²) in [6.07, 6.45) is 0. The summed E-state index contributed by atoms with van der Waals surface area (Å²) in [6, 6.07) is 8.40. The molecule has 146 valence electrons. The first kappa shape index (κ1) is 19.8. The quantitative estimate of drug-likeness (QED) is 0.729. The minimum atomic E-state index is -3.78. The van der Waals surface area contributed by atoms with Gasteiger partial charge >= 0.3 is 0 Å². The summed E-state index contributed by atoms with van der Waals surface area (Å²) in [4.78, 5) is 15.4. The first-order valence-corrected chi connectivity index (χ1v) is 10.8. The van der Waals surface area contributed by atoms with Gasteiger partial charge in [0.2, 0.25) is 10.0 Å². The summed E-state index contributed by atoms with van der Waals surface area (Å²) >= 11 is 1.57. The van der Waals surface area contributed by atoms with Crippen molar-refractivity contribution < 1.29 is 22.7 Å². The van der Waals surface area contributed by atoms with Crippen LogP contribution in [0.15, 0.2) is 40.6 Å². The Bertz CT molecular complexity index is 890. The van der Waals surface area contributed by atoms with Crippen molar-refractivity contribution in [2.24, 2.45) is 0 Å². The van der Waals surface area contributed by atoms with Crippen molar-refractivity contribution >= 4 is 27.3 Å². The molecule has 1 fully saturated rings. The molecule has 7 nitrogen and oxygen atoms in total. The van der Waals surface area contributed by atoms with Gasteiger partial charge in [-0.15, -0.1) is 11.3 Å². The number of ether oxygens (including phenoxy) is 2. The van der Waals surface area contributed by atoms with E-state index in [-0.39, 0.29) is 29.6 Å². The Labute approximate surface area is 163 Å². The number of sulfonamides is 1. The van der Waals surface area contributed by atoms with Crippen LogP contribution in [0.25, 0.3) is 0 Å². The fourth-order valence-corrected chi connectivity index (χ4v) is 5.21. The SMILES string of the molecule is COc1ccc(C(=O)N(C)Cc2cccs2)cc1S(=O)(=O)N1CCOCC1. The third kappa shape index (κ3) is 4.32. The molecule has 0 bridgehead atoms. The number of hydrogen-bond donors (Lipinski definition) is 0. The molecule has 0 saturated carbocycles. The van der Waals surface area contributed by atoms with Gasteiger partial charge in [0.15, 0.2) is 0 Å². The summed E-state index contributed by atoms with van der Waals surface area (Å²) in [5.74, 6) is -0.0246. The van der Waals surface area contributed by atoms with E-state index in [1.165, 1.54) is 23.5 Å². The van der Waals surface area contributed by atoms with Crippen LogP contribution in [0.2, 0.25) is 0 Å². The van der Waals surface area contributed by atoms with Gasteiger partial charge in [0.25, 0.3) is 5.91 Å². The normalized spacial score (nSPS) is 15.5. The highest BCUT2D eigenvalue weighted by Crippen LogP contribution is 2.29. The van der Waals surface area contributed by atoms with Crippen LogP contribution in [-0.4, -0.2) is 64.0 Å². The van der Waals surface area contributed by atoms with E-state index in [1.807, 2.05) is 17.5 Å². The molecule has 1 aliphatic rings. The van der Waals surface area contributed by atoms with E-state index in [0.29, 0.717) is 25.3 Å². The van der Waals surface area contributed by atoms with E-state index >= 15 is 0 Å². The summed E-state index contributed by atoms with van der Waals surface area (Å²) < 4.78 is 37.9. The lowest BCUT2D eigenvalue weighted by atomic mass is 10.2. The molecule has 0 atom stereocenters. The Kier molecular flexibility index (Phi) is 6.15. The number of rotatable bonds is 6. The zero-order valence-corrected chi connectivity index (χ0v) is 16.9. The highest BCUT2D eigenvalue weighted by Gasteiger charge is 2.30. The van der Waals surface area contributed by atoms with Gasteiger partial charge in [0.1, 0.15) is 10.6 Å². The van der Waals surface area contributed by atoms with E-state index in [0.717, 1.165) is 4.88 Å². The van der Waals surface area contributed by atoms with Crippen molar-refractivity contribution in [2.45, 2.75) is 11.4 Å². The molecule has 0 N–H and O–H groups in total. The lowest BCUT2D eigenvalue weighted by Gasteiger charge is -2.27. The molecule has 1 amide bonds. The highest BCUT2D eigenvalue weighted by atomic mass is 32.2. The molecule has 3 rings (SSSR count). The number of methoxy groups -OCH3 is 1. The lowest BCUT2D eigenvalue weighted by Crippen LogP contribution is -2.40. The van der Waals surface area contributed by atoms with Crippen LogP contribution in [0.3, 0.4) is 0 Å². The van der Waals surface area contributed by atoms with Gasteiger partial charge in [-0.05, 0) is 29.6 Å². The smallest absolute Gasteiger partial charge is 0.253 e. The van der Waals surface area contributed by atoms with Crippen LogP contribution in [0, 0.1) is 0 Å². The molecule has 1 aromatic heterocycles. The van der Waals surface area contributed by atoms with Gasteiger partial charge in [-0.2, -0.15) is 4.31 Å². The predicted molar refractivity (Wildman–Crippen MR) is 103 cm³/mol. The van der Waals surface area contributed by atoms with Crippen molar-refractivity contribution in [1.29, 1.82) is 0 Å². The third-order valence-electron chi connectivity index (χ3n) is 4.32. The van der Waals surface area contributed by atoms with Crippen LogP contribution in [-0.2, 0) is 21.3 Å². The molecule has 2 heterocycles. The fourth-order valence-electron chi connectivity index (χ4n) is 2.87. The van der Waals surface area contributed by atoms with E-state index in [9.17, 15) is 13.2 Å². The number of morpholine rings is 1.